The van der Waals surface area contributed by atoms with Gasteiger partial charge >= 0.3 is 0 Å². The molecule has 0 aromatic heterocycles. The highest BCUT2D eigenvalue weighted by Gasteiger charge is 2.11. The van der Waals surface area contributed by atoms with Crippen molar-refractivity contribution in [3.63, 3.8) is 0 Å². The normalized spacial score (nSPS) is 14.9. The largest absolute Gasteiger partial charge is 0.308 e. The summed E-state index contributed by atoms with van der Waals surface area (Å²) in [7, 11) is -3.61. The lowest BCUT2D eigenvalue weighted by Gasteiger charge is -2.20. The second-order valence-corrected chi connectivity index (χ2v) is 7.31. The Kier molecular flexibility index (Phi) is 7.35. The second kappa shape index (κ2) is 8.51. The predicted molar refractivity (Wildman–Crippen MR) is 87.6 cm³/mol. The Morgan fingerprint density at radius 3 is 2.24 bits per heavy atom. The van der Waals surface area contributed by atoms with Crippen molar-refractivity contribution >= 4 is 10.0 Å². The monoisotopic (exact) mass is 312 g/mol. The van der Waals surface area contributed by atoms with Gasteiger partial charge in [-0.3, -0.25) is 0 Å². The van der Waals surface area contributed by atoms with Crippen LogP contribution in [0.15, 0.2) is 29.2 Å². The number of primary sulfonamides is 1. The van der Waals surface area contributed by atoms with Gasteiger partial charge in [-0.25, -0.2) is 13.6 Å². The van der Waals surface area contributed by atoms with Gasteiger partial charge in [0.2, 0.25) is 10.0 Å². The summed E-state index contributed by atoms with van der Waals surface area (Å²) in [6, 6.07) is 7.42. The molecule has 1 aromatic carbocycles. The van der Waals surface area contributed by atoms with Crippen LogP contribution in [-0.2, 0) is 10.0 Å². The maximum Gasteiger partial charge on any atom is 0.238 e. The lowest BCUT2D eigenvalue weighted by molar-refractivity contribution is 0.438. The molecule has 2 atom stereocenters. The number of sulfonamides is 1. The van der Waals surface area contributed by atoms with Gasteiger partial charge in [0.05, 0.1) is 4.90 Å². The quantitative estimate of drug-likeness (QED) is 0.687. The molecule has 0 aliphatic rings. The summed E-state index contributed by atoms with van der Waals surface area (Å²) in [6.45, 7) is 6.50. The maximum absolute atomic E-state index is 11.2. The summed E-state index contributed by atoms with van der Waals surface area (Å²) >= 11 is 0. The van der Waals surface area contributed by atoms with Gasteiger partial charge in [-0.1, -0.05) is 44.7 Å². The van der Waals surface area contributed by atoms with Crippen molar-refractivity contribution in [2.75, 3.05) is 0 Å². The van der Waals surface area contributed by atoms with Crippen molar-refractivity contribution in [1.29, 1.82) is 0 Å². The van der Waals surface area contributed by atoms with Gasteiger partial charge in [0.15, 0.2) is 0 Å². The fraction of sp³-hybridized carbons (Fsp3) is 0.625. The highest BCUT2D eigenvalue weighted by molar-refractivity contribution is 7.89. The van der Waals surface area contributed by atoms with E-state index >= 15 is 0 Å². The van der Waals surface area contributed by atoms with E-state index in [4.69, 9.17) is 5.14 Å². The SMILES string of the molecule is CCCCCCC(C)NC(C)c1ccc(S(N)(=O)=O)cc1. The van der Waals surface area contributed by atoms with Crippen molar-refractivity contribution in [3.8, 4) is 0 Å². The van der Waals surface area contributed by atoms with Gasteiger partial charge in [-0.15, -0.1) is 0 Å². The minimum absolute atomic E-state index is 0.158. The van der Waals surface area contributed by atoms with Crippen LogP contribution in [-0.4, -0.2) is 14.5 Å². The molecule has 0 amide bonds. The van der Waals surface area contributed by atoms with Crippen molar-refractivity contribution in [1.82, 2.24) is 5.32 Å². The molecule has 0 bridgehead atoms. The van der Waals surface area contributed by atoms with Crippen molar-refractivity contribution in [3.05, 3.63) is 29.8 Å². The fourth-order valence-electron chi connectivity index (χ4n) is 2.43. The molecule has 0 saturated carbocycles. The molecule has 1 aromatic rings. The van der Waals surface area contributed by atoms with Crippen LogP contribution in [0.1, 0.15) is 64.5 Å². The van der Waals surface area contributed by atoms with Crippen molar-refractivity contribution in [2.45, 2.75) is 69.9 Å². The van der Waals surface area contributed by atoms with Gasteiger partial charge in [0.1, 0.15) is 0 Å². The topological polar surface area (TPSA) is 72.2 Å². The summed E-state index contributed by atoms with van der Waals surface area (Å²) in [4.78, 5) is 0.158. The number of nitrogens with one attached hydrogen (secondary N) is 1. The summed E-state index contributed by atoms with van der Waals surface area (Å²) < 4.78 is 22.5. The van der Waals surface area contributed by atoms with Gasteiger partial charge in [0.25, 0.3) is 0 Å². The molecule has 0 spiro atoms. The second-order valence-electron chi connectivity index (χ2n) is 5.75. The van der Waals surface area contributed by atoms with Gasteiger partial charge < -0.3 is 5.32 Å². The maximum atomic E-state index is 11.2. The zero-order valence-electron chi connectivity index (χ0n) is 13.3. The molecule has 3 N–H and O–H groups in total. The Hall–Kier alpha value is -0.910. The molecule has 0 saturated heterocycles. The number of hydrogen-bond donors (Lipinski definition) is 2. The minimum Gasteiger partial charge on any atom is -0.308 e. The molecule has 2 unspecified atom stereocenters. The Bertz CT molecular complexity index is 512. The smallest absolute Gasteiger partial charge is 0.238 e. The van der Waals surface area contributed by atoms with Crippen LogP contribution in [0.4, 0.5) is 0 Å². The molecule has 0 radical (unpaired) electrons. The number of nitrogens with two attached hydrogens (primary N) is 1. The van der Waals surface area contributed by atoms with E-state index in [0.29, 0.717) is 6.04 Å². The molecule has 0 aliphatic heterocycles. The van der Waals surface area contributed by atoms with E-state index < -0.39 is 10.0 Å². The minimum atomic E-state index is -3.61. The first-order valence-corrected chi connectivity index (χ1v) is 9.28. The Morgan fingerprint density at radius 1 is 1.10 bits per heavy atom. The standard InChI is InChI=1S/C16H28N2O2S/c1-4-5-6-7-8-13(2)18-14(3)15-9-11-16(12-10-15)21(17,19)20/h9-14,18H,4-8H2,1-3H3,(H2,17,19,20). The molecule has 4 nitrogen and oxygen atoms in total. The van der Waals surface area contributed by atoms with E-state index in [1.807, 2.05) is 12.1 Å². The van der Waals surface area contributed by atoms with E-state index in [1.165, 1.54) is 32.1 Å². The van der Waals surface area contributed by atoms with E-state index in [1.54, 1.807) is 12.1 Å². The molecular formula is C16H28N2O2S. The molecule has 5 heteroatoms. The van der Waals surface area contributed by atoms with Crippen LogP contribution in [0.3, 0.4) is 0 Å². The summed E-state index contributed by atoms with van der Waals surface area (Å²) in [5.41, 5.74) is 1.07. The van der Waals surface area contributed by atoms with Crippen LogP contribution >= 0.6 is 0 Å². The van der Waals surface area contributed by atoms with Gasteiger partial charge in [0, 0.05) is 12.1 Å². The molecule has 0 fully saturated rings. The summed E-state index contributed by atoms with van der Waals surface area (Å²) in [6.07, 6.45) is 6.27. The van der Waals surface area contributed by atoms with Crippen molar-refractivity contribution < 1.29 is 8.42 Å². The van der Waals surface area contributed by atoms with Crippen LogP contribution in [0, 0.1) is 0 Å². The average Bonchev–Trinajstić information content (AvgIpc) is 2.43. The lowest BCUT2D eigenvalue weighted by atomic mass is 10.0. The Balaban J connectivity index is 2.49. The zero-order chi connectivity index (χ0) is 15.9. The van der Waals surface area contributed by atoms with E-state index in [9.17, 15) is 8.42 Å². The average molecular weight is 312 g/mol. The number of benzene rings is 1. The molecule has 120 valence electrons. The Morgan fingerprint density at radius 2 is 1.71 bits per heavy atom. The highest BCUT2D eigenvalue weighted by atomic mass is 32.2. The van der Waals surface area contributed by atoms with E-state index in [0.717, 1.165) is 5.56 Å². The van der Waals surface area contributed by atoms with Crippen LogP contribution < -0.4 is 10.5 Å². The third-order valence-electron chi connectivity index (χ3n) is 3.73. The molecule has 21 heavy (non-hydrogen) atoms. The molecule has 0 aliphatic carbocycles. The highest BCUT2D eigenvalue weighted by Crippen LogP contribution is 2.17. The van der Waals surface area contributed by atoms with Crippen LogP contribution in [0.25, 0.3) is 0 Å². The summed E-state index contributed by atoms with van der Waals surface area (Å²) in [5, 5.41) is 8.65. The Labute approximate surface area is 129 Å². The lowest BCUT2D eigenvalue weighted by Crippen LogP contribution is -2.28. The first-order chi connectivity index (χ1) is 9.84. The molecule has 0 heterocycles. The zero-order valence-corrected chi connectivity index (χ0v) is 14.1. The first kappa shape index (κ1) is 18.1. The third-order valence-corrected chi connectivity index (χ3v) is 4.66. The fourth-order valence-corrected chi connectivity index (χ4v) is 2.95. The van der Waals surface area contributed by atoms with Gasteiger partial charge in [-0.2, -0.15) is 0 Å². The van der Waals surface area contributed by atoms with E-state index in [2.05, 4.69) is 26.1 Å². The predicted octanol–water partition coefficient (Wildman–Crippen LogP) is 3.34. The number of hydrogen-bond acceptors (Lipinski definition) is 3. The van der Waals surface area contributed by atoms with Crippen LogP contribution in [0.5, 0.6) is 0 Å². The van der Waals surface area contributed by atoms with Gasteiger partial charge in [-0.05, 0) is 38.0 Å². The first-order valence-electron chi connectivity index (χ1n) is 7.73. The van der Waals surface area contributed by atoms with Crippen molar-refractivity contribution in [2.24, 2.45) is 5.14 Å². The molecular weight excluding hydrogens is 284 g/mol. The van der Waals surface area contributed by atoms with Crippen LogP contribution in [0.2, 0.25) is 0 Å². The molecule has 1 rings (SSSR count). The number of rotatable bonds is 9. The van der Waals surface area contributed by atoms with E-state index in [-0.39, 0.29) is 10.9 Å². The third kappa shape index (κ3) is 6.59. The summed E-state index contributed by atoms with van der Waals surface area (Å²) in [5.74, 6) is 0. The number of unbranched alkanes of at least 4 members (excludes halogenated alkanes) is 3.